The summed E-state index contributed by atoms with van der Waals surface area (Å²) in [7, 11) is 0. The van der Waals surface area contributed by atoms with Gasteiger partial charge >= 0.3 is 0 Å². The third kappa shape index (κ3) is 3.74. The minimum absolute atomic E-state index is 0.167. The maximum absolute atomic E-state index is 6.25. The monoisotopic (exact) mass is 293 g/mol. The number of hydrogen-bond acceptors (Lipinski definition) is 3. The maximum Gasteiger partial charge on any atom is 0.165 e. The van der Waals surface area contributed by atoms with E-state index in [9.17, 15) is 0 Å². The summed E-state index contributed by atoms with van der Waals surface area (Å²) >= 11 is 6.25. The first-order chi connectivity index (χ1) is 9.62. The van der Waals surface area contributed by atoms with Crippen LogP contribution in [0.25, 0.3) is 0 Å². The second kappa shape index (κ2) is 6.77. The predicted molar refractivity (Wildman–Crippen MR) is 81.4 cm³/mol. The van der Waals surface area contributed by atoms with Crippen LogP contribution >= 0.6 is 11.6 Å². The van der Waals surface area contributed by atoms with Crippen LogP contribution in [0.4, 0.5) is 0 Å². The molecule has 1 atom stereocenters. The largest absolute Gasteiger partial charge is 0.452 e. The Morgan fingerprint density at radius 2 is 2.20 bits per heavy atom. The minimum Gasteiger partial charge on any atom is -0.452 e. The zero-order valence-corrected chi connectivity index (χ0v) is 12.6. The molecule has 0 aliphatic heterocycles. The average Bonchev–Trinajstić information content (AvgIpc) is 2.89. The third-order valence-corrected chi connectivity index (χ3v) is 3.48. The topological polar surface area (TPSA) is 53.1 Å². The summed E-state index contributed by atoms with van der Waals surface area (Å²) in [4.78, 5) is 0. The molecule has 2 N–H and O–H groups in total. The van der Waals surface area contributed by atoms with E-state index in [0.29, 0.717) is 16.5 Å². The van der Waals surface area contributed by atoms with E-state index in [0.717, 1.165) is 24.9 Å². The molecule has 1 unspecified atom stereocenters. The van der Waals surface area contributed by atoms with Crippen molar-refractivity contribution in [2.45, 2.75) is 39.3 Å². The number of ether oxygens (including phenoxy) is 1. The van der Waals surface area contributed by atoms with E-state index in [1.54, 1.807) is 10.9 Å². The molecule has 1 aromatic carbocycles. The van der Waals surface area contributed by atoms with Gasteiger partial charge in [0.15, 0.2) is 5.75 Å². The van der Waals surface area contributed by atoms with Gasteiger partial charge in [-0.15, -0.1) is 0 Å². The predicted octanol–water partition coefficient (Wildman–Crippen LogP) is 3.63. The molecule has 2 aromatic rings. The fraction of sp³-hybridized carbons (Fsp3) is 0.400. The third-order valence-electron chi connectivity index (χ3n) is 3.18. The highest BCUT2D eigenvalue weighted by Crippen LogP contribution is 2.30. The van der Waals surface area contributed by atoms with Crippen molar-refractivity contribution in [1.82, 2.24) is 9.78 Å². The molecule has 0 saturated heterocycles. The van der Waals surface area contributed by atoms with Gasteiger partial charge in [0.1, 0.15) is 5.75 Å². The molecule has 0 saturated carbocycles. The molecule has 0 spiro atoms. The summed E-state index contributed by atoms with van der Waals surface area (Å²) in [6, 6.07) is 5.96. The molecule has 1 aromatic heterocycles. The van der Waals surface area contributed by atoms with Crippen molar-refractivity contribution in [3.8, 4) is 11.5 Å². The molecular formula is C15H20ClN3O. The number of halogens is 1. The lowest BCUT2D eigenvalue weighted by molar-refractivity contribution is 0.481. The van der Waals surface area contributed by atoms with Crippen LogP contribution in [0.3, 0.4) is 0 Å². The summed E-state index contributed by atoms with van der Waals surface area (Å²) in [6.45, 7) is 4.91. The standard InChI is InChI=1S/C15H20ClN3O/c1-3-12(17)7-11-5-6-15(14(16)8-11)20-13-9-18-19(4-2)10-13/h5-6,8-10,12H,3-4,7,17H2,1-2H3. The molecule has 4 nitrogen and oxygen atoms in total. The first kappa shape index (κ1) is 14.9. The summed E-state index contributed by atoms with van der Waals surface area (Å²) in [6.07, 6.45) is 5.30. The fourth-order valence-electron chi connectivity index (χ4n) is 1.90. The molecule has 0 amide bonds. The van der Waals surface area contributed by atoms with Crippen molar-refractivity contribution in [2.24, 2.45) is 5.73 Å². The van der Waals surface area contributed by atoms with Gasteiger partial charge in [0.25, 0.3) is 0 Å². The molecular weight excluding hydrogens is 274 g/mol. The molecule has 0 aliphatic carbocycles. The Bertz CT molecular complexity index is 568. The average molecular weight is 294 g/mol. The molecule has 0 radical (unpaired) electrons. The van der Waals surface area contributed by atoms with E-state index >= 15 is 0 Å². The number of nitrogens with two attached hydrogens (primary N) is 1. The van der Waals surface area contributed by atoms with Gasteiger partial charge in [0.2, 0.25) is 0 Å². The molecule has 0 aliphatic rings. The van der Waals surface area contributed by atoms with Gasteiger partial charge in [0.05, 0.1) is 17.4 Å². The number of rotatable bonds is 6. The Labute approximate surface area is 124 Å². The molecule has 108 valence electrons. The summed E-state index contributed by atoms with van der Waals surface area (Å²) in [5, 5.41) is 4.75. The lowest BCUT2D eigenvalue weighted by Crippen LogP contribution is -2.21. The molecule has 1 heterocycles. The van der Waals surface area contributed by atoms with E-state index < -0.39 is 0 Å². The number of aryl methyl sites for hydroxylation is 1. The SMILES string of the molecule is CCC(N)Cc1ccc(Oc2cnn(CC)c2)c(Cl)c1. The Hall–Kier alpha value is -1.52. The summed E-state index contributed by atoms with van der Waals surface area (Å²) < 4.78 is 7.53. The van der Waals surface area contributed by atoms with Crippen LogP contribution < -0.4 is 10.5 Å². The van der Waals surface area contributed by atoms with Gasteiger partial charge in [-0.3, -0.25) is 4.68 Å². The lowest BCUT2D eigenvalue weighted by Gasteiger charge is -2.11. The second-order valence-corrected chi connectivity index (χ2v) is 5.18. The number of aromatic nitrogens is 2. The van der Waals surface area contributed by atoms with Gasteiger partial charge in [0, 0.05) is 12.6 Å². The van der Waals surface area contributed by atoms with Gasteiger partial charge in [-0.2, -0.15) is 5.10 Å². The first-order valence-corrected chi connectivity index (χ1v) is 7.24. The Morgan fingerprint density at radius 3 is 2.80 bits per heavy atom. The molecule has 20 heavy (non-hydrogen) atoms. The van der Waals surface area contributed by atoms with E-state index in [-0.39, 0.29) is 6.04 Å². The van der Waals surface area contributed by atoms with Crippen molar-refractivity contribution in [1.29, 1.82) is 0 Å². The van der Waals surface area contributed by atoms with Gasteiger partial charge < -0.3 is 10.5 Å². The highest BCUT2D eigenvalue weighted by Gasteiger charge is 2.08. The van der Waals surface area contributed by atoms with Crippen molar-refractivity contribution >= 4 is 11.6 Å². The second-order valence-electron chi connectivity index (χ2n) is 4.77. The summed E-state index contributed by atoms with van der Waals surface area (Å²) in [5.41, 5.74) is 7.08. The Morgan fingerprint density at radius 1 is 1.40 bits per heavy atom. The van der Waals surface area contributed by atoms with E-state index in [2.05, 4.69) is 12.0 Å². The zero-order valence-electron chi connectivity index (χ0n) is 11.8. The quantitative estimate of drug-likeness (QED) is 0.885. The fourth-order valence-corrected chi connectivity index (χ4v) is 2.14. The summed E-state index contributed by atoms with van der Waals surface area (Å²) in [5.74, 6) is 1.32. The normalized spacial score (nSPS) is 12.4. The van der Waals surface area contributed by atoms with Crippen LogP contribution in [-0.4, -0.2) is 15.8 Å². The minimum atomic E-state index is 0.167. The van der Waals surface area contributed by atoms with Crippen LogP contribution in [0.2, 0.25) is 5.02 Å². The van der Waals surface area contributed by atoms with Crippen molar-refractivity contribution in [3.05, 3.63) is 41.2 Å². The van der Waals surface area contributed by atoms with Gasteiger partial charge in [-0.25, -0.2) is 0 Å². The van der Waals surface area contributed by atoms with Crippen LogP contribution in [0.1, 0.15) is 25.8 Å². The van der Waals surface area contributed by atoms with Gasteiger partial charge in [-0.05, 0) is 37.5 Å². The zero-order chi connectivity index (χ0) is 14.5. The van der Waals surface area contributed by atoms with Crippen LogP contribution in [0, 0.1) is 0 Å². The molecule has 2 rings (SSSR count). The van der Waals surface area contributed by atoms with Gasteiger partial charge in [-0.1, -0.05) is 24.6 Å². The van der Waals surface area contributed by atoms with E-state index in [1.165, 1.54) is 0 Å². The van der Waals surface area contributed by atoms with E-state index in [4.69, 9.17) is 22.1 Å². The molecule has 0 bridgehead atoms. The van der Waals surface area contributed by atoms with E-state index in [1.807, 2.05) is 31.3 Å². The van der Waals surface area contributed by atoms with Crippen LogP contribution in [-0.2, 0) is 13.0 Å². The Kier molecular flexibility index (Phi) is 5.04. The maximum atomic E-state index is 6.25. The first-order valence-electron chi connectivity index (χ1n) is 6.86. The number of nitrogens with zero attached hydrogens (tertiary/aromatic N) is 2. The highest BCUT2D eigenvalue weighted by molar-refractivity contribution is 6.32. The lowest BCUT2D eigenvalue weighted by atomic mass is 10.0. The highest BCUT2D eigenvalue weighted by atomic mass is 35.5. The molecule has 5 heteroatoms. The van der Waals surface area contributed by atoms with Crippen molar-refractivity contribution in [3.63, 3.8) is 0 Å². The number of benzene rings is 1. The van der Waals surface area contributed by atoms with Crippen LogP contribution in [0.5, 0.6) is 11.5 Å². The smallest absolute Gasteiger partial charge is 0.165 e. The molecule has 0 fully saturated rings. The van der Waals surface area contributed by atoms with Crippen molar-refractivity contribution < 1.29 is 4.74 Å². The number of hydrogen-bond donors (Lipinski definition) is 1. The Balaban J connectivity index is 2.09. The van der Waals surface area contributed by atoms with Crippen LogP contribution in [0.15, 0.2) is 30.6 Å². The van der Waals surface area contributed by atoms with Crippen molar-refractivity contribution in [2.75, 3.05) is 0 Å².